The molecule has 17 heavy (non-hydrogen) atoms. The van der Waals surface area contributed by atoms with E-state index in [0.29, 0.717) is 0 Å². The molecule has 0 unspecified atom stereocenters. The molecule has 0 aliphatic heterocycles. The first-order chi connectivity index (χ1) is 8.03. The van der Waals surface area contributed by atoms with E-state index < -0.39 is 0 Å². The summed E-state index contributed by atoms with van der Waals surface area (Å²) in [6, 6.07) is 10.3. The molecule has 0 spiro atoms. The van der Waals surface area contributed by atoms with Crippen LogP contribution in [0.15, 0.2) is 30.3 Å². The second-order valence-electron chi connectivity index (χ2n) is 4.85. The van der Waals surface area contributed by atoms with Gasteiger partial charge in [0.25, 0.3) is 0 Å². The van der Waals surface area contributed by atoms with Gasteiger partial charge in [-0.05, 0) is 32.3 Å². The van der Waals surface area contributed by atoms with E-state index in [2.05, 4.69) is 17.4 Å². The first-order valence-corrected chi connectivity index (χ1v) is 5.87. The van der Waals surface area contributed by atoms with Crippen LogP contribution in [0.5, 0.6) is 0 Å². The number of hydrogen-bond donors (Lipinski definition) is 1. The van der Waals surface area contributed by atoms with Crippen LogP contribution in [0.1, 0.15) is 25.8 Å². The Bertz CT molecular complexity index is 346. The zero-order valence-corrected chi connectivity index (χ0v) is 10.8. The predicted octanol–water partition coefficient (Wildman–Crippen LogP) is 2.16. The zero-order chi connectivity index (χ0) is 12.7. The van der Waals surface area contributed by atoms with E-state index in [1.54, 1.807) is 0 Å². The summed E-state index contributed by atoms with van der Waals surface area (Å²) in [5, 5.41) is 2.96. The molecule has 3 nitrogen and oxygen atoms in total. The average Bonchev–Trinajstić information content (AvgIpc) is 2.27. The molecule has 0 aliphatic carbocycles. The zero-order valence-electron chi connectivity index (χ0n) is 10.8. The van der Waals surface area contributed by atoms with Gasteiger partial charge in [-0.2, -0.15) is 0 Å². The van der Waals surface area contributed by atoms with Crippen molar-refractivity contribution in [1.82, 2.24) is 5.32 Å². The molecule has 1 amide bonds. The Morgan fingerprint density at radius 1 is 1.29 bits per heavy atom. The smallest absolute Gasteiger partial charge is 0.246 e. The molecule has 0 bridgehead atoms. The van der Waals surface area contributed by atoms with Crippen molar-refractivity contribution in [2.75, 3.05) is 13.7 Å². The largest absolute Gasteiger partial charge is 0.375 e. The molecule has 3 heteroatoms. The average molecular weight is 235 g/mol. The number of nitrogens with one attached hydrogen (secondary N) is 1. The van der Waals surface area contributed by atoms with Gasteiger partial charge in [0, 0.05) is 12.6 Å². The molecule has 1 N–H and O–H groups in total. The van der Waals surface area contributed by atoms with Gasteiger partial charge in [0.05, 0.1) is 0 Å². The second-order valence-corrected chi connectivity index (χ2v) is 4.85. The molecule has 0 atom stereocenters. The van der Waals surface area contributed by atoms with Gasteiger partial charge in [0.15, 0.2) is 0 Å². The normalized spacial score (nSPS) is 11.2. The highest BCUT2D eigenvalue weighted by Crippen LogP contribution is 2.13. The summed E-state index contributed by atoms with van der Waals surface area (Å²) in [6.07, 6.45) is 1.87. The maximum absolute atomic E-state index is 11.4. The summed E-state index contributed by atoms with van der Waals surface area (Å²) in [5.74, 6) is -0.0643. The SMILES string of the molecule is COCC(=O)NC(C)(C)CCc1ccccc1. The monoisotopic (exact) mass is 235 g/mol. The van der Waals surface area contributed by atoms with E-state index in [4.69, 9.17) is 4.74 Å². The van der Waals surface area contributed by atoms with Crippen LogP contribution in [0.25, 0.3) is 0 Å². The second kappa shape index (κ2) is 6.40. The molecule has 0 saturated carbocycles. The first-order valence-electron chi connectivity index (χ1n) is 5.87. The molecule has 1 aromatic carbocycles. The van der Waals surface area contributed by atoms with Crippen LogP contribution in [0.4, 0.5) is 0 Å². The molecule has 1 aromatic rings. The molecule has 94 valence electrons. The Hall–Kier alpha value is -1.35. The lowest BCUT2D eigenvalue weighted by Gasteiger charge is -2.26. The fourth-order valence-electron chi connectivity index (χ4n) is 1.71. The summed E-state index contributed by atoms with van der Waals surface area (Å²) < 4.78 is 4.80. The minimum absolute atomic E-state index is 0.0643. The van der Waals surface area contributed by atoms with Crippen LogP contribution < -0.4 is 5.32 Å². The van der Waals surface area contributed by atoms with Gasteiger partial charge in [-0.15, -0.1) is 0 Å². The van der Waals surface area contributed by atoms with Gasteiger partial charge in [-0.3, -0.25) is 4.79 Å². The van der Waals surface area contributed by atoms with E-state index in [1.165, 1.54) is 12.7 Å². The van der Waals surface area contributed by atoms with Gasteiger partial charge < -0.3 is 10.1 Å². The molecular formula is C14H21NO2. The minimum atomic E-state index is -0.203. The lowest BCUT2D eigenvalue weighted by Crippen LogP contribution is -2.45. The number of rotatable bonds is 6. The molecule has 0 heterocycles. The third kappa shape index (κ3) is 5.50. The van der Waals surface area contributed by atoms with E-state index in [9.17, 15) is 4.79 Å². The standard InChI is InChI=1S/C14H21NO2/c1-14(2,15-13(16)11-17-3)10-9-12-7-5-4-6-8-12/h4-8H,9-11H2,1-3H3,(H,15,16). The third-order valence-electron chi connectivity index (χ3n) is 2.63. The van der Waals surface area contributed by atoms with Crippen molar-refractivity contribution in [3.63, 3.8) is 0 Å². The van der Waals surface area contributed by atoms with Crippen molar-refractivity contribution in [2.24, 2.45) is 0 Å². The van der Waals surface area contributed by atoms with Crippen LogP contribution in [0.3, 0.4) is 0 Å². The maximum Gasteiger partial charge on any atom is 0.246 e. The molecule has 0 radical (unpaired) electrons. The van der Waals surface area contributed by atoms with Crippen LogP contribution in [-0.4, -0.2) is 25.2 Å². The Morgan fingerprint density at radius 2 is 1.94 bits per heavy atom. The number of methoxy groups -OCH3 is 1. The van der Waals surface area contributed by atoms with Crippen LogP contribution in [-0.2, 0) is 16.0 Å². The lowest BCUT2D eigenvalue weighted by atomic mass is 9.95. The number of aryl methyl sites for hydroxylation is 1. The molecule has 1 rings (SSSR count). The van der Waals surface area contributed by atoms with Gasteiger partial charge in [0.1, 0.15) is 6.61 Å². The summed E-state index contributed by atoms with van der Waals surface area (Å²) >= 11 is 0. The van der Waals surface area contributed by atoms with E-state index >= 15 is 0 Å². The fourth-order valence-corrected chi connectivity index (χ4v) is 1.71. The Labute approximate surface area is 103 Å². The number of benzene rings is 1. The molecular weight excluding hydrogens is 214 g/mol. The molecule has 0 fully saturated rings. The van der Waals surface area contributed by atoms with Gasteiger partial charge in [-0.25, -0.2) is 0 Å². The molecule has 0 aliphatic rings. The van der Waals surface area contributed by atoms with Crippen LogP contribution in [0.2, 0.25) is 0 Å². The van der Waals surface area contributed by atoms with E-state index in [-0.39, 0.29) is 18.1 Å². The van der Waals surface area contributed by atoms with E-state index in [0.717, 1.165) is 12.8 Å². The van der Waals surface area contributed by atoms with Crippen molar-refractivity contribution in [3.05, 3.63) is 35.9 Å². The summed E-state index contributed by atoms with van der Waals surface area (Å²) in [7, 11) is 1.52. The molecule has 0 aromatic heterocycles. The topological polar surface area (TPSA) is 38.3 Å². The number of carbonyl (C=O) groups is 1. The van der Waals surface area contributed by atoms with Crippen molar-refractivity contribution < 1.29 is 9.53 Å². The van der Waals surface area contributed by atoms with Crippen molar-refractivity contribution in [1.29, 1.82) is 0 Å². The minimum Gasteiger partial charge on any atom is -0.375 e. The fraction of sp³-hybridized carbons (Fsp3) is 0.500. The van der Waals surface area contributed by atoms with Crippen molar-refractivity contribution >= 4 is 5.91 Å². The maximum atomic E-state index is 11.4. The van der Waals surface area contributed by atoms with Crippen molar-refractivity contribution in [2.45, 2.75) is 32.2 Å². The highest BCUT2D eigenvalue weighted by molar-refractivity contribution is 5.77. The van der Waals surface area contributed by atoms with Gasteiger partial charge in [0.2, 0.25) is 5.91 Å². The van der Waals surface area contributed by atoms with Crippen LogP contribution >= 0.6 is 0 Å². The number of ether oxygens (including phenoxy) is 1. The third-order valence-corrected chi connectivity index (χ3v) is 2.63. The van der Waals surface area contributed by atoms with Crippen molar-refractivity contribution in [3.8, 4) is 0 Å². The Morgan fingerprint density at radius 3 is 2.53 bits per heavy atom. The number of carbonyl (C=O) groups excluding carboxylic acids is 1. The summed E-state index contributed by atoms with van der Waals surface area (Å²) in [4.78, 5) is 11.4. The summed E-state index contributed by atoms with van der Waals surface area (Å²) in [6.45, 7) is 4.18. The van der Waals surface area contributed by atoms with Gasteiger partial charge >= 0.3 is 0 Å². The predicted molar refractivity (Wildman–Crippen MR) is 68.9 cm³/mol. The Balaban J connectivity index is 2.41. The van der Waals surface area contributed by atoms with E-state index in [1.807, 2.05) is 32.0 Å². The van der Waals surface area contributed by atoms with Gasteiger partial charge in [-0.1, -0.05) is 30.3 Å². The number of amides is 1. The van der Waals surface area contributed by atoms with Crippen LogP contribution in [0, 0.1) is 0 Å². The highest BCUT2D eigenvalue weighted by atomic mass is 16.5. The summed E-state index contributed by atoms with van der Waals surface area (Å²) in [5.41, 5.74) is 1.09. The lowest BCUT2D eigenvalue weighted by molar-refractivity contribution is -0.126. The highest BCUT2D eigenvalue weighted by Gasteiger charge is 2.19. The first kappa shape index (κ1) is 13.7. The Kier molecular flexibility index (Phi) is 5.16. The molecule has 0 saturated heterocycles. The number of hydrogen-bond acceptors (Lipinski definition) is 2. The quantitative estimate of drug-likeness (QED) is 0.820.